The number of carbonyl (C=O) groups is 2. The van der Waals surface area contributed by atoms with Crippen LogP contribution in [-0.2, 0) is 11.3 Å². The number of likely N-dealkylation sites (tertiary alicyclic amines) is 1. The molecule has 142 valence electrons. The minimum Gasteiger partial charge on any atom is -0.481 e. The lowest BCUT2D eigenvalue weighted by molar-refractivity contribution is -0.137. The number of fused-ring (bicyclic) bond motifs is 2. The Morgan fingerprint density at radius 1 is 1.15 bits per heavy atom. The van der Waals surface area contributed by atoms with Gasteiger partial charge in [0.15, 0.2) is 0 Å². The van der Waals surface area contributed by atoms with Gasteiger partial charge in [0.1, 0.15) is 0 Å². The Hall–Kier alpha value is -2.30. The Balaban J connectivity index is 1.40. The maximum absolute atomic E-state index is 13.3. The van der Waals surface area contributed by atoms with E-state index in [4.69, 9.17) is 5.11 Å². The molecule has 5 heteroatoms. The highest BCUT2D eigenvalue weighted by molar-refractivity contribution is 5.98. The fraction of sp³-hybridized carbons (Fsp3) is 0.545. The number of aliphatic carboxylic acids is 1. The zero-order chi connectivity index (χ0) is 18.5. The van der Waals surface area contributed by atoms with E-state index < -0.39 is 5.97 Å². The number of amides is 1. The largest absolute Gasteiger partial charge is 0.481 e. The van der Waals surface area contributed by atoms with Crippen LogP contribution in [0.4, 0.5) is 0 Å². The van der Waals surface area contributed by atoms with Crippen molar-refractivity contribution in [2.24, 2.45) is 17.8 Å². The molecule has 0 spiro atoms. The molecular formula is C22H26N2O3. The summed E-state index contributed by atoms with van der Waals surface area (Å²) in [6.45, 7) is 1.37. The number of carboxylic acids is 1. The minimum atomic E-state index is -0.797. The minimum absolute atomic E-state index is 0.101. The predicted molar refractivity (Wildman–Crippen MR) is 103 cm³/mol. The molecule has 2 aromatic rings. The first kappa shape index (κ1) is 16.8. The van der Waals surface area contributed by atoms with Crippen molar-refractivity contribution in [1.29, 1.82) is 0 Å². The molecular weight excluding hydrogens is 340 g/mol. The third-order valence-electron chi connectivity index (χ3n) is 7.12. The second kappa shape index (κ2) is 6.39. The zero-order valence-corrected chi connectivity index (χ0v) is 15.5. The lowest BCUT2D eigenvalue weighted by Crippen LogP contribution is -2.50. The van der Waals surface area contributed by atoms with E-state index in [1.54, 1.807) is 0 Å². The Bertz CT molecular complexity index is 900. The standard InChI is InChI=1S/C22H26N2O3/c25-21(26)7-9-23-8-6-16-12-17(4-5-19(16)23)22(27)24-13-14-10-15-2-1-3-20(24)18(15)11-14/h4-6,8,12,14-15,18,20H,1-3,7,9-11,13H2,(H,25,26). The van der Waals surface area contributed by atoms with Gasteiger partial charge in [-0.2, -0.15) is 0 Å². The summed E-state index contributed by atoms with van der Waals surface area (Å²) in [5.74, 6) is 1.64. The number of aromatic nitrogens is 1. The Labute approximate surface area is 159 Å². The Kier molecular flexibility index (Phi) is 3.99. The first-order chi connectivity index (χ1) is 13.1. The number of piperidine rings is 1. The summed E-state index contributed by atoms with van der Waals surface area (Å²) in [4.78, 5) is 26.3. The van der Waals surface area contributed by atoms with Crippen molar-refractivity contribution in [3.05, 3.63) is 36.0 Å². The highest BCUT2D eigenvalue weighted by Crippen LogP contribution is 2.50. The molecule has 4 atom stereocenters. The van der Waals surface area contributed by atoms with Crippen LogP contribution in [0.2, 0.25) is 0 Å². The summed E-state index contributed by atoms with van der Waals surface area (Å²) in [6.07, 6.45) is 8.43. The van der Waals surface area contributed by atoms with Gasteiger partial charge in [-0.3, -0.25) is 9.59 Å². The highest BCUT2D eigenvalue weighted by atomic mass is 16.4. The number of hydrogen-bond acceptors (Lipinski definition) is 2. The van der Waals surface area contributed by atoms with Crippen LogP contribution in [0.25, 0.3) is 10.9 Å². The van der Waals surface area contributed by atoms with E-state index in [0.717, 1.165) is 41.3 Å². The molecule has 1 saturated heterocycles. The van der Waals surface area contributed by atoms with Crippen molar-refractivity contribution in [2.75, 3.05) is 6.54 Å². The normalized spacial score (nSPS) is 29.3. The summed E-state index contributed by atoms with van der Waals surface area (Å²) in [5, 5.41) is 9.91. The van der Waals surface area contributed by atoms with Gasteiger partial charge in [-0.15, -0.1) is 0 Å². The van der Waals surface area contributed by atoms with E-state index in [0.29, 0.717) is 18.5 Å². The van der Waals surface area contributed by atoms with Crippen LogP contribution in [-0.4, -0.2) is 39.0 Å². The smallest absolute Gasteiger partial charge is 0.305 e. The SMILES string of the molecule is O=C(O)CCn1ccc2cc(C(=O)N3CC4CC5CCCC3C5C4)ccc21. The van der Waals surface area contributed by atoms with E-state index in [1.165, 1.54) is 25.7 Å². The maximum Gasteiger partial charge on any atom is 0.305 e. The average molecular weight is 366 g/mol. The summed E-state index contributed by atoms with van der Waals surface area (Å²) in [5.41, 5.74) is 1.76. The molecule has 4 unspecified atom stereocenters. The maximum atomic E-state index is 13.3. The molecule has 1 N–H and O–H groups in total. The molecule has 2 saturated carbocycles. The first-order valence-corrected chi connectivity index (χ1v) is 10.2. The van der Waals surface area contributed by atoms with Crippen LogP contribution >= 0.6 is 0 Å². The third-order valence-corrected chi connectivity index (χ3v) is 7.12. The van der Waals surface area contributed by atoms with Gasteiger partial charge in [-0.25, -0.2) is 0 Å². The second-order valence-electron chi connectivity index (χ2n) is 8.64. The van der Waals surface area contributed by atoms with Crippen LogP contribution in [0.1, 0.15) is 48.9 Å². The van der Waals surface area contributed by atoms with E-state index >= 15 is 0 Å². The number of nitrogens with zero attached hydrogens (tertiary/aromatic N) is 2. The summed E-state index contributed by atoms with van der Waals surface area (Å²) < 4.78 is 1.95. The second-order valence-corrected chi connectivity index (χ2v) is 8.64. The van der Waals surface area contributed by atoms with Crippen LogP contribution in [0, 0.1) is 17.8 Å². The van der Waals surface area contributed by atoms with Crippen LogP contribution in [0.15, 0.2) is 30.5 Å². The van der Waals surface area contributed by atoms with Gasteiger partial charge in [0.2, 0.25) is 0 Å². The van der Waals surface area contributed by atoms with Gasteiger partial charge in [-0.1, -0.05) is 12.8 Å². The number of carbonyl (C=O) groups excluding carboxylic acids is 1. The summed E-state index contributed by atoms with van der Waals surface area (Å²) in [7, 11) is 0. The molecule has 3 aliphatic rings. The Morgan fingerprint density at radius 3 is 2.89 bits per heavy atom. The zero-order valence-electron chi connectivity index (χ0n) is 15.5. The fourth-order valence-corrected chi connectivity index (χ4v) is 5.98. The van der Waals surface area contributed by atoms with Crippen molar-refractivity contribution in [1.82, 2.24) is 9.47 Å². The molecule has 27 heavy (non-hydrogen) atoms. The molecule has 5 nitrogen and oxygen atoms in total. The van der Waals surface area contributed by atoms with Gasteiger partial charge in [0, 0.05) is 41.8 Å². The molecule has 0 radical (unpaired) electrons. The van der Waals surface area contributed by atoms with Gasteiger partial charge in [-0.05, 0) is 61.3 Å². The number of hydrogen-bond donors (Lipinski definition) is 1. The van der Waals surface area contributed by atoms with Gasteiger partial charge in [0.25, 0.3) is 5.91 Å². The third kappa shape index (κ3) is 2.84. The van der Waals surface area contributed by atoms with Gasteiger partial charge < -0.3 is 14.6 Å². The van der Waals surface area contributed by atoms with Crippen molar-refractivity contribution >= 4 is 22.8 Å². The number of aryl methyl sites for hydroxylation is 1. The first-order valence-electron chi connectivity index (χ1n) is 10.2. The highest BCUT2D eigenvalue weighted by Gasteiger charge is 2.49. The molecule has 1 amide bonds. The van der Waals surface area contributed by atoms with Crippen molar-refractivity contribution in [2.45, 2.75) is 51.1 Å². The lowest BCUT2D eigenvalue weighted by Gasteiger charge is -2.44. The van der Waals surface area contributed by atoms with Crippen molar-refractivity contribution in [3.63, 3.8) is 0 Å². The van der Waals surface area contributed by atoms with Crippen LogP contribution in [0.3, 0.4) is 0 Å². The van der Waals surface area contributed by atoms with Crippen LogP contribution < -0.4 is 0 Å². The quantitative estimate of drug-likeness (QED) is 0.896. The van der Waals surface area contributed by atoms with Gasteiger partial charge in [0.05, 0.1) is 6.42 Å². The summed E-state index contributed by atoms with van der Waals surface area (Å²) in [6, 6.07) is 8.27. The topological polar surface area (TPSA) is 62.5 Å². The lowest BCUT2D eigenvalue weighted by atomic mass is 9.76. The molecule has 3 fully saturated rings. The number of carboxylic acid groups (broad SMARTS) is 1. The average Bonchev–Trinajstić information content (AvgIpc) is 3.26. The molecule has 1 aromatic heterocycles. The van der Waals surface area contributed by atoms with Gasteiger partial charge >= 0.3 is 5.97 Å². The fourth-order valence-electron chi connectivity index (χ4n) is 5.98. The van der Waals surface area contributed by atoms with Crippen molar-refractivity contribution < 1.29 is 14.7 Å². The summed E-state index contributed by atoms with van der Waals surface area (Å²) >= 11 is 0. The van der Waals surface area contributed by atoms with Crippen LogP contribution in [0.5, 0.6) is 0 Å². The Morgan fingerprint density at radius 2 is 2.04 bits per heavy atom. The molecule has 2 bridgehead atoms. The number of benzene rings is 1. The molecule has 5 rings (SSSR count). The molecule has 1 aromatic carbocycles. The number of rotatable bonds is 4. The van der Waals surface area contributed by atoms with Crippen molar-refractivity contribution in [3.8, 4) is 0 Å². The molecule has 1 aliphatic heterocycles. The molecule has 2 aliphatic carbocycles. The monoisotopic (exact) mass is 366 g/mol. The predicted octanol–water partition coefficient (Wildman–Crippen LogP) is 3.77. The van der Waals surface area contributed by atoms with E-state index in [2.05, 4.69) is 4.90 Å². The van der Waals surface area contributed by atoms with E-state index in [9.17, 15) is 9.59 Å². The molecule has 2 heterocycles. The van der Waals surface area contributed by atoms with E-state index in [1.807, 2.05) is 35.0 Å². The van der Waals surface area contributed by atoms with E-state index in [-0.39, 0.29) is 12.3 Å².